The van der Waals surface area contributed by atoms with E-state index in [0.717, 1.165) is 24.8 Å². The van der Waals surface area contributed by atoms with Gasteiger partial charge in [0.25, 0.3) is 0 Å². The van der Waals surface area contributed by atoms with Crippen molar-refractivity contribution in [1.82, 2.24) is 0 Å². The second kappa shape index (κ2) is 6.51. The molecule has 0 bridgehead atoms. The summed E-state index contributed by atoms with van der Waals surface area (Å²) in [5.41, 5.74) is 1.77. The van der Waals surface area contributed by atoms with Gasteiger partial charge in [0.05, 0.1) is 0 Å². The van der Waals surface area contributed by atoms with E-state index >= 15 is 0 Å². The second-order valence-corrected chi connectivity index (χ2v) is 5.34. The monoisotopic (exact) mass is 266 g/mol. The molecule has 20 heavy (non-hydrogen) atoms. The van der Waals surface area contributed by atoms with Crippen LogP contribution in [0, 0.1) is 5.41 Å². The molecule has 0 fully saturated rings. The number of benzene rings is 2. The number of carbonyl (C=O) groups is 1. The van der Waals surface area contributed by atoms with Crippen LogP contribution >= 0.6 is 0 Å². The third-order valence-corrected chi connectivity index (χ3v) is 4.26. The van der Waals surface area contributed by atoms with Crippen molar-refractivity contribution < 1.29 is 4.79 Å². The van der Waals surface area contributed by atoms with Crippen molar-refractivity contribution in [1.29, 1.82) is 0 Å². The predicted molar refractivity (Wildman–Crippen MR) is 83.9 cm³/mol. The number of ketones is 1. The van der Waals surface area contributed by atoms with Crippen LogP contribution in [0.1, 0.15) is 42.6 Å². The minimum atomic E-state index is -0.289. The topological polar surface area (TPSA) is 17.1 Å². The Morgan fingerprint density at radius 3 is 1.85 bits per heavy atom. The minimum absolute atomic E-state index is 0.270. The molecule has 0 aliphatic rings. The zero-order valence-electron chi connectivity index (χ0n) is 12.3. The van der Waals surface area contributed by atoms with E-state index in [1.165, 1.54) is 5.56 Å². The molecular weight excluding hydrogens is 244 g/mol. The molecule has 0 N–H and O–H groups in total. The molecule has 1 nitrogen and oxygen atoms in total. The van der Waals surface area contributed by atoms with Gasteiger partial charge in [-0.2, -0.15) is 0 Å². The molecule has 0 spiro atoms. The summed E-state index contributed by atoms with van der Waals surface area (Å²) in [4.78, 5) is 12.9. The average molecular weight is 266 g/mol. The van der Waals surface area contributed by atoms with Gasteiger partial charge < -0.3 is 0 Å². The van der Waals surface area contributed by atoms with Gasteiger partial charge >= 0.3 is 0 Å². The Kier molecular flexibility index (Phi) is 4.73. The lowest BCUT2D eigenvalue weighted by molar-refractivity contribution is 0.0773. The smallest absolute Gasteiger partial charge is 0.169 e. The highest BCUT2D eigenvalue weighted by molar-refractivity contribution is 6.00. The first kappa shape index (κ1) is 14.5. The fourth-order valence-corrected chi connectivity index (χ4v) is 2.78. The number of hydrogen-bond acceptors (Lipinski definition) is 1. The summed E-state index contributed by atoms with van der Waals surface area (Å²) in [5, 5.41) is 0. The molecule has 104 valence electrons. The Balaban J connectivity index is 2.32. The standard InChI is InChI=1S/C19H22O/c1-3-19(4-2,15-16-11-7-5-8-12-16)18(20)17-13-9-6-10-14-17/h5-14H,3-4,15H2,1-2H3. The Morgan fingerprint density at radius 1 is 0.850 bits per heavy atom. The first-order valence-electron chi connectivity index (χ1n) is 7.35. The second-order valence-electron chi connectivity index (χ2n) is 5.34. The molecule has 2 aromatic rings. The van der Waals surface area contributed by atoms with Crippen LogP contribution in [0.3, 0.4) is 0 Å². The van der Waals surface area contributed by atoms with Crippen LogP contribution in [-0.4, -0.2) is 5.78 Å². The molecule has 0 aliphatic carbocycles. The summed E-state index contributed by atoms with van der Waals surface area (Å²) in [5.74, 6) is 0.270. The van der Waals surface area contributed by atoms with Crippen LogP contribution in [0.4, 0.5) is 0 Å². The molecule has 2 rings (SSSR count). The fourth-order valence-electron chi connectivity index (χ4n) is 2.78. The molecule has 0 heterocycles. The molecule has 0 aromatic heterocycles. The number of carbonyl (C=O) groups excluding carboxylic acids is 1. The van der Waals surface area contributed by atoms with Gasteiger partial charge in [0.2, 0.25) is 0 Å². The van der Waals surface area contributed by atoms with E-state index in [0.29, 0.717) is 0 Å². The van der Waals surface area contributed by atoms with E-state index < -0.39 is 0 Å². The third-order valence-electron chi connectivity index (χ3n) is 4.26. The van der Waals surface area contributed by atoms with Crippen molar-refractivity contribution >= 4 is 5.78 Å². The highest BCUT2D eigenvalue weighted by Crippen LogP contribution is 2.34. The van der Waals surface area contributed by atoms with Crippen molar-refractivity contribution in [2.45, 2.75) is 33.1 Å². The van der Waals surface area contributed by atoms with Gasteiger partial charge in [0, 0.05) is 11.0 Å². The van der Waals surface area contributed by atoms with Crippen LogP contribution in [0.5, 0.6) is 0 Å². The quantitative estimate of drug-likeness (QED) is 0.678. The summed E-state index contributed by atoms with van der Waals surface area (Å²) < 4.78 is 0. The maximum Gasteiger partial charge on any atom is 0.169 e. The van der Waals surface area contributed by atoms with E-state index in [4.69, 9.17) is 0 Å². The molecule has 2 aromatic carbocycles. The Morgan fingerprint density at radius 2 is 1.35 bits per heavy atom. The van der Waals surface area contributed by atoms with Gasteiger partial charge in [0.1, 0.15) is 0 Å². The molecule has 0 saturated heterocycles. The largest absolute Gasteiger partial charge is 0.294 e. The summed E-state index contributed by atoms with van der Waals surface area (Å²) in [7, 11) is 0. The maximum absolute atomic E-state index is 12.9. The van der Waals surface area contributed by atoms with E-state index in [1.54, 1.807) is 0 Å². The van der Waals surface area contributed by atoms with Gasteiger partial charge in [-0.3, -0.25) is 4.79 Å². The lowest BCUT2D eigenvalue weighted by Gasteiger charge is -2.30. The molecule has 0 unspecified atom stereocenters. The van der Waals surface area contributed by atoms with Crippen LogP contribution in [-0.2, 0) is 6.42 Å². The zero-order valence-corrected chi connectivity index (χ0v) is 12.3. The zero-order chi connectivity index (χ0) is 14.4. The van der Waals surface area contributed by atoms with E-state index in [2.05, 4.69) is 26.0 Å². The summed E-state index contributed by atoms with van der Waals surface area (Å²) in [6, 6.07) is 20.0. The van der Waals surface area contributed by atoms with E-state index in [-0.39, 0.29) is 11.2 Å². The van der Waals surface area contributed by atoms with Crippen molar-refractivity contribution in [3.63, 3.8) is 0 Å². The molecule has 1 heteroatoms. The van der Waals surface area contributed by atoms with E-state index in [9.17, 15) is 4.79 Å². The summed E-state index contributed by atoms with van der Waals surface area (Å²) in [6.07, 6.45) is 2.55. The lowest BCUT2D eigenvalue weighted by Crippen LogP contribution is -2.32. The van der Waals surface area contributed by atoms with Gasteiger partial charge in [-0.1, -0.05) is 74.5 Å². The van der Waals surface area contributed by atoms with Gasteiger partial charge in [-0.25, -0.2) is 0 Å². The molecule has 0 saturated carbocycles. The first-order chi connectivity index (χ1) is 9.72. The van der Waals surface area contributed by atoms with E-state index in [1.807, 2.05) is 48.5 Å². The predicted octanol–water partition coefficient (Wildman–Crippen LogP) is 4.92. The normalized spacial score (nSPS) is 11.3. The van der Waals surface area contributed by atoms with Crippen molar-refractivity contribution in [2.75, 3.05) is 0 Å². The van der Waals surface area contributed by atoms with Gasteiger partial charge in [-0.15, -0.1) is 0 Å². The van der Waals surface area contributed by atoms with Crippen LogP contribution in [0.25, 0.3) is 0 Å². The van der Waals surface area contributed by atoms with Gasteiger partial charge in [0.15, 0.2) is 5.78 Å². The molecular formula is C19H22O. The minimum Gasteiger partial charge on any atom is -0.294 e. The number of Topliss-reactive ketones (excluding diaryl/α,β-unsaturated/α-hetero) is 1. The highest BCUT2D eigenvalue weighted by atomic mass is 16.1. The van der Waals surface area contributed by atoms with Crippen LogP contribution in [0.15, 0.2) is 60.7 Å². The maximum atomic E-state index is 12.9. The van der Waals surface area contributed by atoms with Crippen LogP contribution < -0.4 is 0 Å². The lowest BCUT2D eigenvalue weighted by atomic mass is 9.71. The average Bonchev–Trinajstić information content (AvgIpc) is 2.54. The molecule has 0 amide bonds. The molecule has 0 atom stereocenters. The summed E-state index contributed by atoms with van der Waals surface area (Å²) >= 11 is 0. The molecule has 0 aliphatic heterocycles. The Labute approximate surface area is 121 Å². The summed E-state index contributed by atoms with van der Waals surface area (Å²) in [6.45, 7) is 4.24. The highest BCUT2D eigenvalue weighted by Gasteiger charge is 2.35. The Hall–Kier alpha value is -1.89. The van der Waals surface area contributed by atoms with Gasteiger partial charge in [-0.05, 0) is 24.8 Å². The van der Waals surface area contributed by atoms with Crippen molar-refractivity contribution in [3.05, 3.63) is 71.8 Å². The third kappa shape index (κ3) is 2.98. The van der Waals surface area contributed by atoms with Crippen molar-refractivity contribution in [2.24, 2.45) is 5.41 Å². The Bertz CT molecular complexity index is 538. The SMILES string of the molecule is CCC(CC)(Cc1ccccc1)C(=O)c1ccccc1. The molecule has 0 radical (unpaired) electrons. The fraction of sp³-hybridized carbons (Fsp3) is 0.316. The van der Waals surface area contributed by atoms with Crippen LogP contribution in [0.2, 0.25) is 0 Å². The first-order valence-corrected chi connectivity index (χ1v) is 7.35. The van der Waals surface area contributed by atoms with Crippen molar-refractivity contribution in [3.8, 4) is 0 Å². The number of hydrogen-bond donors (Lipinski definition) is 0. The number of rotatable bonds is 6.